The summed E-state index contributed by atoms with van der Waals surface area (Å²) < 4.78 is 5.70. The van der Waals surface area contributed by atoms with Crippen LogP contribution in [0.4, 0.5) is 0 Å². The largest absolute Gasteiger partial charge is 0.493 e. The van der Waals surface area contributed by atoms with E-state index in [1.54, 1.807) is 11.3 Å². The molecule has 1 aliphatic rings. The summed E-state index contributed by atoms with van der Waals surface area (Å²) in [5.41, 5.74) is 0.678. The van der Waals surface area contributed by atoms with Gasteiger partial charge in [-0.3, -0.25) is 9.69 Å². The predicted molar refractivity (Wildman–Crippen MR) is 116 cm³/mol. The van der Waals surface area contributed by atoms with E-state index in [9.17, 15) is 4.79 Å². The van der Waals surface area contributed by atoms with Crippen molar-refractivity contribution in [2.75, 3.05) is 26.2 Å². The molecule has 1 saturated heterocycles. The molecule has 1 aromatic heterocycles. The molecule has 1 fully saturated rings. The first-order chi connectivity index (χ1) is 13.6. The zero-order valence-electron chi connectivity index (χ0n) is 17.0. The number of amides is 1. The molecule has 1 aliphatic heterocycles. The molecule has 1 amide bonds. The standard InChI is InChI=1S/C23H32N2O2S/c1-18(2)17-27-20-11-9-19(10-12-20)23(26)24-16-21(22-8-7-15-28-22)25-13-5-3-4-6-14-25/h7-12,15,18,21H,3-6,13-14,16-17H2,1-2H3,(H,24,26)/t21-/m1/s1. The van der Waals surface area contributed by atoms with Crippen molar-refractivity contribution in [2.24, 2.45) is 5.92 Å². The van der Waals surface area contributed by atoms with Crippen LogP contribution in [0.3, 0.4) is 0 Å². The van der Waals surface area contributed by atoms with Crippen LogP contribution in [0.25, 0.3) is 0 Å². The van der Waals surface area contributed by atoms with E-state index in [1.807, 2.05) is 24.3 Å². The van der Waals surface area contributed by atoms with E-state index in [1.165, 1.54) is 30.6 Å². The Hall–Kier alpha value is -1.85. The molecule has 0 radical (unpaired) electrons. The maximum atomic E-state index is 12.7. The molecule has 28 heavy (non-hydrogen) atoms. The fourth-order valence-electron chi connectivity index (χ4n) is 3.55. The first-order valence-electron chi connectivity index (χ1n) is 10.4. The van der Waals surface area contributed by atoms with Crippen molar-refractivity contribution >= 4 is 17.2 Å². The number of nitrogens with zero attached hydrogens (tertiary/aromatic N) is 1. The number of ether oxygens (including phenoxy) is 1. The zero-order chi connectivity index (χ0) is 19.8. The third-order valence-electron chi connectivity index (χ3n) is 5.11. The van der Waals surface area contributed by atoms with Crippen molar-refractivity contribution in [1.29, 1.82) is 0 Å². The molecule has 1 atom stereocenters. The van der Waals surface area contributed by atoms with Crippen molar-refractivity contribution in [2.45, 2.75) is 45.6 Å². The van der Waals surface area contributed by atoms with Gasteiger partial charge in [-0.1, -0.05) is 32.8 Å². The molecule has 2 heterocycles. The number of rotatable bonds is 8. The minimum absolute atomic E-state index is 0.0215. The maximum absolute atomic E-state index is 12.7. The van der Waals surface area contributed by atoms with Crippen LogP contribution in [0.5, 0.6) is 5.75 Å². The van der Waals surface area contributed by atoms with Gasteiger partial charge >= 0.3 is 0 Å². The quantitative estimate of drug-likeness (QED) is 0.668. The van der Waals surface area contributed by atoms with Crippen molar-refractivity contribution in [3.63, 3.8) is 0 Å². The van der Waals surface area contributed by atoms with Gasteiger partial charge in [-0.25, -0.2) is 0 Å². The van der Waals surface area contributed by atoms with Gasteiger partial charge in [0.05, 0.1) is 12.6 Å². The van der Waals surface area contributed by atoms with Crippen LogP contribution >= 0.6 is 11.3 Å². The number of hydrogen-bond acceptors (Lipinski definition) is 4. The average molecular weight is 401 g/mol. The van der Waals surface area contributed by atoms with E-state index in [2.05, 4.69) is 41.6 Å². The van der Waals surface area contributed by atoms with E-state index in [0.717, 1.165) is 18.8 Å². The molecule has 2 aromatic rings. The SMILES string of the molecule is CC(C)COc1ccc(C(=O)NC[C@H](c2cccs2)N2CCCCCC2)cc1. The summed E-state index contributed by atoms with van der Waals surface area (Å²) in [5, 5.41) is 5.28. The molecule has 0 unspecified atom stereocenters. The number of thiophene rings is 1. The van der Waals surface area contributed by atoms with Gasteiger partial charge in [0, 0.05) is 17.0 Å². The molecule has 0 spiro atoms. The lowest BCUT2D eigenvalue weighted by Gasteiger charge is -2.30. The lowest BCUT2D eigenvalue weighted by atomic mass is 10.1. The molecule has 152 valence electrons. The molecule has 4 nitrogen and oxygen atoms in total. The lowest BCUT2D eigenvalue weighted by Crippen LogP contribution is -2.38. The molecule has 5 heteroatoms. The highest BCUT2D eigenvalue weighted by Crippen LogP contribution is 2.27. The Labute approximate surface area is 172 Å². The predicted octanol–water partition coefficient (Wildman–Crippen LogP) is 5.13. The van der Waals surface area contributed by atoms with E-state index in [0.29, 0.717) is 24.6 Å². The van der Waals surface area contributed by atoms with Gasteiger partial charge in [-0.05, 0) is 67.6 Å². The summed E-state index contributed by atoms with van der Waals surface area (Å²) in [4.78, 5) is 16.6. The fraction of sp³-hybridized carbons (Fsp3) is 0.522. The van der Waals surface area contributed by atoms with Gasteiger partial charge in [0.2, 0.25) is 0 Å². The topological polar surface area (TPSA) is 41.6 Å². The Morgan fingerprint density at radius 3 is 2.43 bits per heavy atom. The number of benzene rings is 1. The third-order valence-corrected chi connectivity index (χ3v) is 6.08. The van der Waals surface area contributed by atoms with Crippen LogP contribution in [-0.4, -0.2) is 37.0 Å². The minimum Gasteiger partial charge on any atom is -0.493 e. The van der Waals surface area contributed by atoms with Crippen LogP contribution in [-0.2, 0) is 0 Å². The highest BCUT2D eigenvalue weighted by atomic mass is 32.1. The normalized spacial score (nSPS) is 16.5. The molecule has 1 N–H and O–H groups in total. The molecular weight excluding hydrogens is 368 g/mol. The van der Waals surface area contributed by atoms with E-state index < -0.39 is 0 Å². The van der Waals surface area contributed by atoms with Crippen molar-refractivity contribution < 1.29 is 9.53 Å². The summed E-state index contributed by atoms with van der Waals surface area (Å²) in [7, 11) is 0. The summed E-state index contributed by atoms with van der Waals surface area (Å²) in [6.07, 6.45) is 5.11. The van der Waals surface area contributed by atoms with Crippen LogP contribution in [0.1, 0.15) is 60.8 Å². The van der Waals surface area contributed by atoms with Gasteiger partial charge in [0.1, 0.15) is 5.75 Å². The number of likely N-dealkylation sites (tertiary alicyclic amines) is 1. The monoisotopic (exact) mass is 400 g/mol. The first-order valence-corrected chi connectivity index (χ1v) is 11.3. The second-order valence-electron chi connectivity index (χ2n) is 7.92. The average Bonchev–Trinajstić information content (AvgIpc) is 3.09. The summed E-state index contributed by atoms with van der Waals surface area (Å²) in [5.74, 6) is 1.27. The number of nitrogens with one attached hydrogen (secondary N) is 1. The van der Waals surface area contributed by atoms with Gasteiger partial charge < -0.3 is 10.1 Å². The van der Waals surface area contributed by atoms with Crippen LogP contribution < -0.4 is 10.1 Å². The third kappa shape index (κ3) is 6.08. The van der Waals surface area contributed by atoms with E-state index in [-0.39, 0.29) is 11.9 Å². The van der Waals surface area contributed by atoms with Crippen LogP contribution in [0.15, 0.2) is 41.8 Å². The molecule has 0 bridgehead atoms. The van der Waals surface area contributed by atoms with Crippen molar-refractivity contribution in [3.8, 4) is 5.75 Å². The van der Waals surface area contributed by atoms with Gasteiger partial charge in [-0.2, -0.15) is 0 Å². The lowest BCUT2D eigenvalue weighted by molar-refractivity contribution is 0.0934. The smallest absolute Gasteiger partial charge is 0.251 e. The Bertz CT molecular complexity index is 705. The second kappa shape index (κ2) is 10.6. The minimum atomic E-state index is -0.0215. The molecule has 0 saturated carbocycles. The molecular formula is C23H32N2O2S. The number of carbonyl (C=O) groups excluding carboxylic acids is 1. The van der Waals surface area contributed by atoms with Crippen LogP contribution in [0.2, 0.25) is 0 Å². The summed E-state index contributed by atoms with van der Waals surface area (Å²) in [6, 6.07) is 12.0. The molecule has 1 aromatic carbocycles. The van der Waals surface area contributed by atoms with Gasteiger partial charge in [-0.15, -0.1) is 11.3 Å². The highest BCUT2D eigenvalue weighted by molar-refractivity contribution is 7.10. The van der Waals surface area contributed by atoms with E-state index >= 15 is 0 Å². The summed E-state index contributed by atoms with van der Waals surface area (Å²) in [6.45, 7) is 7.79. The number of hydrogen-bond donors (Lipinski definition) is 1. The Morgan fingerprint density at radius 1 is 1.11 bits per heavy atom. The highest BCUT2D eigenvalue weighted by Gasteiger charge is 2.23. The first kappa shape index (κ1) is 20.9. The van der Waals surface area contributed by atoms with Crippen molar-refractivity contribution in [3.05, 3.63) is 52.2 Å². The van der Waals surface area contributed by atoms with Crippen molar-refractivity contribution in [1.82, 2.24) is 10.2 Å². The molecule has 0 aliphatic carbocycles. The maximum Gasteiger partial charge on any atom is 0.251 e. The van der Waals surface area contributed by atoms with Crippen LogP contribution in [0, 0.1) is 5.92 Å². The second-order valence-corrected chi connectivity index (χ2v) is 8.90. The Morgan fingerprint density at radius 2 is 1.82 bits per heavy atom. The Balaban J connectivity index is 1.60. The van der Waals surface area contributed by atoms with E-state index in [4.69, 9.17) is 4.74 Å². The Kier molecular flexibility index (Phi) is 7.92. The van der Waals surface area contributed by atoms with Gasteiger partial charge in [0.25, 0.3) is 5.91 Å². The summed E-state index contributed by atoms with van der Waals surface area (Å²) >= 11 is 1.78. The zero-order valence-corrected chi connectivity index (χ0v) is 17.8. The number of carbonyl (C=O) groups is 1. The van der Waals surface area contributed by atoms with Gasteiger partial charge in [0.15, 0.2) is 0 Å². The molecule has 3 rings (SSSR count). The fourth-order valence-corrected chi connectivity index (χ4v) is 4.42.